The lowest BCUT2D eigenvalue weighted by molar-refractivity contribution is -0.125. The van der Waals surface area contributed by atoms with Crippen LogP contribution < -0.4 is 10.1 Å². The number of unbranched alkanes of at least 4 members (excludes halogenated alkanes) is 1. The fourth-order valence-corrected chi connectivity index (χ4v) is 5.25. The molecular weight excluding hydrogens is 576 g/mol. The molecule has 1 saturated heterocycles. The first kappa shape index (κ1) is 35.4. The van der Waals surface area contributed by atoms with Gasteiger partial charge in [0.2, 0.25) is 5.91 Å². The number of carbonyl (C=O) groups excluding carboxylic acids is 5. The number of hydrogen-bond acceptors (Lipinski definition) is 9. The number of rotatable bonds is 15. The number of aryl methyl sites for hydroxylation is 1. The van der Waals surface area contributed by atoms with Crippen LogP contribution in [0.4, 0.5) is 0 Å². The lowest BCUT2D eigenvalue weighted by Crippen LogP contribution is -2.47. The van der Waals surface area contributed by atoms with Gasteiger partial charge in [-0.2, -0.15) is 0 Å². The number of nitrogens with zero attached hydrogens (tertiary/aromatic N) is 3. The second kappa shape index (κ2) is 16.8. The van der Waals surface area contributed by atoms with Gasteiger partial charge < -0.3 is 29.4 Å². The topological polar surface area (TPSA) is 135 Å². The zero-order valence-electron chi connectivity index (χ0n) is 27.0. The number of likely N-dealkylation sites (tertiary alicyclic amines) is 1. The van der Waals surface area contributed by atoms with Crippen LogP contribution in [0.5, 0.6) is 5.75 Å². The largest absolute Gasteiger partial charge is 0.490 e. The highest BCUT2D eigenvalue weighted by atomic mass is 16.6. The Balaban J connectivity index is 1.44. The van der Waals surface area contributed by atoms with Crippen LogP contribution in [0.15, 0.2) is 36.5 Å². The van der Waals surface area contributed by atoms with Crippen LogP contribution in [-0.4, -0.2) is 96.6 Å². The first-order chi connectivity index (χ1) is 21.4. The van der Waals surface area contributed by atoms with Gasteiger partial charge in [-0.05, 0) is 96.2 Å². The van der Waals surface area contributed by atoms with Crippen molar-refractivity contribution < 1.29 is 33.4 Å². The van der Waals surface area contributed by atoms with Gasteiger partial charge in [-0.1, -0.05) is 0 Å². The first-order valence-corrected chi connectivity index (χ1v) is 15.5. The molecule has 2 aromatic rings. The number of piperidine rings is 1. The smallest absolute Gasteiger partial charge is 0.340 e. The van der Waals surface area contributed by atoms with Gasteiger partial charge in [0, 0.05) is 51.1 Å². The van der Waals surface area contributed by atoms with E-state index >= 15 is 0 Å². The van der Waals surface area contributed by atoms with Crippen LogP contribution >= 0.6 is 0 Å². The minimum absolute atomic E-state index is 0.00126. The van der Waals surface area contributed by atoms with E-state index in [1.54, 1.807) is 30.5 Å². The van der Waals surface area contributed by atoms with Crippen LogP contribution in [0, 0.1) is 0 Å². The van der Waals surface area contributed by atoms with Crippen molar-refractivity contribution >= 4 is 30.4 Å². The number of hydrogen-bond donors (Lipinski definition) is 1. The van der Waals surface area contributed by atoms with Gasteiger partial charge >= 0.3 is 5.97 Å². The highest BCUT2D eigenvalue weighted by Gasteiger charge is 2.28. The van der Waals surface area contributed by atoms with Crippen LogP contribution in [0.3, 0.4) is 0 Å². The molecule has 45 heavy (non-hydrogen) atoms. The van der Waals surface area contributed by atoms with Gasteiger partial charge in [0.05, 0.1) is 11.1 Å². The Kier molecular flexibility index (Phi) is 13.2. The molecule has 0 radical (unpaired) electrons. The predicted molar refractivity (Wildman–Crippen MR) is 170 cm³/mol. The van der Waals surface area contributed by atoms with Crippen molar-refractivity contribution in [2.45, 2.75) is 83.5 Å². The summed E-state index contributed by atoms with van der Waals surface area (Å²) in [5.41, 5.74) is 1.22. The van der Waals surface area contributed by atoms with Crippen molar-refractivity contribution in [1.29, 1.82) is 0 Å². The Morgan fingerprint density at radius 1 is 1.11 bits per heavy atom. The molecule has 1 aliphatic heterocycles. The average Bonchev–Trinajstić information content (AvgIpc) is 3.02. The summed E-state index contributed by atoms with van der Waals surface area (Å²) < 4.78 is 11.6. The van der Waals surface area contributed by atoms with Gasteiger partial charge in [-0.3, -0.25) is 19.4 Å². The molecule has 0 saturated carbocycles. The number of esters is 1. The van der Waals surface area contributed by atoms with Crippen molar-refractivity contribution in [3.8, 4) is 5.75 Å². The Morgan fingerprint density at radius 2 is 1.84 bits per heavy atom. The summed E-state index contributed by atoms with van der Waals surface area (Å²) in [6.07, 6.45) is 7.77. The quantitative estimate of drug-likeness (QED) is 0.178. The van der Waals surface area contributed by atoms with Crippen LogP contribution in [-0.2, 0) is 20.7 Å². The Bertz CT molecular complexity index is 1310. The molecule has 1 aliphatic rings. The number of aldehydes is 2. The molecule has 11 nitrogen and oxygen atoms in total. The molecule has 1 aromatic carbocycles. The summed E-state index contributed by atoms with van der Waals surface area (Å²) in [4.78, 5) is 68.5. The zero-order chi connectivity index (χ0) is 33.0. The summed E-state index contributed by atoms with van der Waals surface area (Å²) in [5.74, 6) is -0.710. The summed E-state index contributed by atoms with van der Waals surface area (Å²) >= 11 is 0. The van der Waals surface area contributed by atoms with Gasteiger partial charge in [0.25, 0.3) is 5.91 Å². The molecule has 2 amide bonds. The predicted octanol–water partition coefficient (Wildman–Crippen LogP) is 3.88. The Morgan fingerprint density at radius 3 is 2.44 bits per heavy atom. The SMILES string of the molecule is CNC(=O)C(CCC=O)N(C)C(=O)c1ccc(OC2CCN(CCCCc3ccc(C(=O)OC(C)(C)C)cn3)CC2)cc1C=O. The van der Waals surface area contributed by atoms with E-state index in [4.69, 9.17) is 9.47 Å². The van der Waals surface area contributed by atoms with Gasteiger partial charge in [0.1, 0.15) is 29.8 Å². The number of carbonyl (C=O) groups is 5. The minimum Gasteiger partial charge on any atom is -0.490 e. The maximum Gasteiger partial charge on any atom is 0.340 e. The molecule has 1 N–H and O–H groups in total. The number of amides is 2. The highest BCUT2D eigenvalue weighted by Crippen LogP contribution is 2.24. The second-order valence-corrected chi connectivity index (χ2v) is 12.3. The fourth-order valence-electron chi connectivity index (χ4n) is 5.25. The van der Waals surface area contributed by atoms with E-state index in [1.165, 1.54) is 19.0 Å². The maximum absolute atomic E-state index is 13.2. The summed E-state index contributed by atoms with van der Waals surface area (Å²) in [6.45, 7) is 8.29. The van der Waals surface area contributed by atoms with Crippen LogP contribution in [0.1, 0.15) is 96.1 Å². The van der Waals surface area contributed by atoms with E-state index in [9.17, 15) is 24.0 Å². The third-order valence-corrected chi connectivity index (χ3v) is 7.73. The normalized spacial score (nSPS) is 14.7. The molecule has 11 heteroatoms. The highest BCUT2D eigenvalue weighted by molar-refractivity contribution is 6.03. The summed E-state index contributed by atoms with van der Waals surface area (Å²) in [7, 11) is 2.96. The molecule has 1 fully saturated rings. The molecule has 0 bridgehead atoms. The Hall–Kier alpha value is -4.12. The van der Waals surface area contributed by atoms with Gasteiger partial charge in [-0.25, -0.2) is 4.79 Å². The van der Waals surface area contributed by atoms with Crippen molar-refractivity contribution in [2.24, 2.45) is 0 Å². The average molecular weight is 623 g/mol. The number of likely N-dealkylation sites (N-methyl/N-ethyl adjacent to an activating group) is 2. The number of pyridine rings is 1. The lowest BCUT2D eigenvalue weighted by Gasteiger charge is -2.32. The van der Waals surface area contributed by atoms with Crippen molar-refractivity contribution in [3.63, 3.8) is 0 Å². The van der Waals surface area contributed by atoms with Crippen molar-refractivity contribution in [2.75, 3.05) is 33.7 Å². The van der Waals surface area contributed by atoms with E-state index in [2.05, 4.69) is 15.2 Å². The summed E-state index contributed by atoms with van der Waals surface area (Å²) in [5, 5.41) is 2.52. The molecule has 1 atom stereocenters. The number of benzene rings is 1. The number of aromatic nitrogens is 1. The number of ether oxygens (including phenoxy) is 2. The van der Waals surface area contributed by atoms with E-state index in [-0.39, 0.29) is 41.9 Å². The molecule has 3 rings (SSSR count). The molecule has 1 aromatic heterocycles. The van der Waals surface area contributed by atoms with Crippen LogP contribution in [0.25, 0.3) is 0 Å². The first-order valence-electron chi connectivity index (χ1n) is 15.5. The van der Waals surface area contributed by atoms with E-state index < -0.39 is 17.6 Å². The molecule has 2 heterocycles. The molecule has 0 spiro atoms. The number of nitrogens with one attached hydrogen (secondary N) is 1. The minimum atomic E-state index is -0.831. The van der Waals surface area contributed by atoms with E-state index in [0.717, 1.165) is 57.4 Å². The Labute approximate surface area is 265 Å². The van der Waals surface area contributed by atoms with Crippen molar-refractivity contribution in [1.82, 2.24) is 20.1 Å². The van der Waals surface area contributed by atoms with Crippen LogP contribution in [0.2, 0.25) is 0 Å². The zero-order valence-corrected chi connectivity index (χ0v) is 27.0. The van der Waals surface area contributed by atoms with Crippen molar-refractivity contribution in [3.05, 3.63) is 58.9 Å². The van der Waals surface area contributed by atoms with Gasteiger partial charge in [0.15, 0.2) is 6.29 Å². The lowest BCUT2D eigenvalue weighted by atomic mass is 10.0. The second-order valence-electron chi connectivity index (χ2n) is 12.3. The molecular formula is C34H46N4O7. The molecule has 244 valence electrons. The third kappa shape index (κ3) is 10.8. The fraction of sp³-hybridized carbons (Fsp3) is 0.529. The van der Waals surface area contributed by atoms with E-state index in [1.807, 2.05) is 26.8 Å². The maximum atomic E-state index is 13.2. The third-order valence-electron chi connectivity index (χ3n) is 7.73. The standard InChI is InChI=1S/C34H46N4O7/c1-34(2,3)45-33(43)24-11-12-26(36-22-24)9-6-7-17-38-18-15-27(16-19-38)44-28-13-14-29(25(21-28)23-40)32(42)37(5)30(10-8-20-39)31(41)35-4/h11-14,20-23,27,30H,6-10,15-19H2,1-5H3,(H,35,41). The molecule has 0 aliphatic carbocycles. The summed E-state index contributed by atoms with van der Waals surface area (Å²) in [6, 6.07) is 7.61. The molecule has 1 unspecified atom stereocenters. The van der Waals surface area contributed by atoms with E-state index in [0.29, 0.717) is 23.9 Å². The van der Waals surface area contributed by atoms with Gasteiger partial charge in [-0.15, -0.1) is 0 Å². The monoisotopic (exact) mass is 622 g/mol.